The van der Waals surface area contributed by atoms with E-state index in [0.717, 1.165) is 22.9 Å². The molecule has 4 aromatic rings. The Morgan fingerprint density at radius 3 is 2.03 bits per heavy atom. The first-order chi connectivity index (χ1) is 18.4. The van der Waals surface area contributed by atoms with Gasteiger partial charge >= 0.3 is 0 Å². The van der Waals surface area contributed by atoms with Crippen LogP contribution in [0.5, 0.6) is 28.7 Å². The predicted molar refractivity (Wildman–Crippen MR) is 140 cm³/mol. The van der Waals surface area contributed by atoms with Gasteiger partial charge in [0.2, 0.25) is 0 Å². The van der Waals surface area contributed by atoms with E-state index < -0.39 is 6.10 Å². The van der Waals surface area contributed by atoms with E-state index in [1.165, 1.54) is 6.07 Å². The maximum absolute atomic E-state index is 12.2. The van der Waals surface area contributed by atoms with Gasteiger partial charge in [0.05, 0.1) is 25.5 Å². The van der Waals surface area contributed by atoms with Crippen molar-refractivity contribution in [3.63, 3.8) is 0 Å². The van der Waals surface area contributed by atoms with Crippen LogP contribution in [0, 0.1) is 0 Å². The lowest BCUT2D eigenvalue weighted by atomic mass is 9.95. The van der Waals surface area contributed by atoms with Gasteiger partial charge in [0.25, 0.3) is 0 Å². The van der Waals surface area contributed by atoms with Gasteiger partial charge in [-0.15, -0.1) is 0 Å². The van der Waals surface area contributed by atoms with Crippen LogP contribution < -0.4 is 14.2 Å². The number of methoxy groups -OCH3 is 1. The average molecular weight is 511 g/mol. The number of fused-ring (bicyclic) bond motifs is 2. The number of carbonyl (C=O) groups is 2. The maximum atomic E-state index is 12.2. The molecular weight excluding hydrogens is 484 g/mol. The highest BCUT2D eigenvalue weighted by molar-refractivity contribution is 6.02. The Hall–Kier alpha value is -4.78. The van der Waals surface area contributed by atoms with Crippen molar-refractivity contribution in [3.05, 3.63) is 113 Å². The number of ether oxygens (including phenoxy) is 3. The van der Waals surface area contributed by atoms with Crippen LogP contribution in [-0.4, -0.2) is 28.9 Å². The number of phenolic OH excluding ortho intramolecular Hbond substituents is 2. The molecule has 7 heteroatoms. The molecular formula is C31H26O7. The summed E-state index contributed by atoms with van der Waals surface area (Å²) in [5, 5.41) is 19.3. The van der Waals surface area contributed by atoms with Crippen LogP contribution in [0.2, 0.25) is 0 Å². The van der Waals surface area contributed by atoms with Crippen LogP contribution in [0.1, 0.15) is 56.9 Å². The van der Waals surface area contributed by atoms with Gasteiger partial charge in [-0.25, -0.2) is 0 Å². The molecule has 7 nitrogen and oxygen atoms in total. The number of Topliss-reactive ketones (excluding diaryl/α,β-unsaturated/α-hetero) is 2. The molecule has 0 bridgehead atoms. The van der Waals surface area contributed by atoms with E-state index in [2.05, 4.69) is 0 Å². The molecule has 2 N–H and O–H groups in total. The molecule has 2 heterocycles. The van der Waals surface area contributed by atoms with Gasteiger partial charge in [-0.05, 0) is 35.4 Å². The summed E-state index contributed by atoms with van der Waals surface area (Å²) in [4.78, 5) is 24.2. The molecule has 38 heavy (non-hydrogen) atoms. The minimum absolute atomic E-state index is 0.123. The fraction of sp³-hybridized carbons (Fsp3) is 0.161. The van der Waals surface area contributed by atoms with Crippen molar-refractivity contribution < 1.29 is 34.0 Å². The van der Waals surface area contributed by atoms with Crippen molar-refractivity contribution >= 4 is 11.6 Å². The molecule has 1 unspecified atom stereocenters. The quantitative estimate of drug-likeness (QED) is 0.338. The van der Waals surface area contributed by atoms with Gasteiger partial charge < -0.3 is 24.4 Å². The Balaban J connectivity index is 0.000000158. The van der Waals surface area contributed by atoms with E-state index in [9.17, 15) is 19.8 Å². The molecule has 2 atom stereocenters. The van der Waals surface area contributed by atoms with Crippen molar-refractivity contribution in [3.8, 4) is 28.7 Å². The zero-order valence-electron chi connectivity index (χ0n) is 20.7. The van der Waals surface area contributed by atoms with Crippen molar-refractivity contribution in [2.45, 2.75) is 25.0 Å². The van der Waals surface area contributed by atoms with Crippen molar-refractivity contribution in [1.29, 1.82) is 0 Å². The Labute approximate surface area is 219 Å². The highest BCUT2D eigenvalue weighted by atomic mass is 16.5. The Morgan fingerprint density at radius 2 is 1.32 bits per heavy atom. The summed E-state index contributed by atoms with van der Waals surface area (Å²) in [7, 11) is 1.58. The standard InChI is InChI=1S/C16H14O5.C15H12O2/c1-20-11-4-2-9(3-5-11)14-8-13(19)16-12(18)6-10(17)7-15(16)21-14;16-13-10-15(11-6-2-1-3-7-11)17-14-9-5-4-8-12(13)14/h2-7,14,17-18H,8H2,1H3;1-9,15H,10H2/t14-;/m0./s1. The van der Waals surface area contributed by atoms with Crippen molar-refractivity contribution in [2.24, 2.45) is 0 Å². The van der Waals surface area contributed by atoms with E-state index in [1.54, 1.807) is 19.2 Å². The molecule has 0 spiro atoms. The Bertz CT molecular complexity index is 1460. The molecule has 6 rings (SSSR count). The van der Waals surface area contributed by atoms with E-state index >= 15 is 0 Å². The third-order valence-corrected chi connectivity index (χ3v) is 6.47. The van der Waals surface area contributed by atoms with Crippen LogP contribution in [-0.2, 0) is 0 Å². The number of carbonyl (C=O) groups excluding carboxylic acids is 2. The minimum Gasteiger partial charge on any atom is -0.508 e. The van der Waals surface area contributed by atoms with Gasteiger partial charge in [0, 0.05) is 12.1 Å². The molecule has 0 fully saturated rings. The molecule has 0 radical (unpaired) electrons. The number of hydrogen-bond acceptors (Lipinski definition) is 7. The fourth-order valence-electron chi connectivity index (χ4n) is 4.56. The number of phenols is 2. The van der Waals surface area contributed by atoms with Gasteiger partial charge in [-0.2, -0.15) is 0 Å². The number of ketones is 2. The van der Waals surface area contributed by atoms with E-state index in [1.807, 2.05) is 66.7 Å². The lowest BCUT2D eigenvalue weighted by molar-refractivity contribution is 0.0837. The molecule has 0 aliphatic carbocycles. The fourth-order valence-corrected chi connectivity index (χ4v) is 4.56. The molecule has 0 amide bonds. The number of para-hydroxylation sites is 1. The summed E-state index contributed by atoms with van der Waals surface area (Å²) in [6, 6.07) is 27.0. The average Bonchev–Trinajstić information content (AvgIpc) is 2.93. The second kappa shape index (κ2) is 10.7. The SMILES string of the molecule is COc1ccc([C@@H]2CC(=O)c3c(O)cc(O)cc3O2)cc1.O=C1CC(c2ccccc2)Oc2ccccc21. The Morgan fingerprint density at radius 1 is 0.711 bits per heavy atom. The topological polar surface area (TPSA) is 102 Å². The van der Waals surface area contributed by atoms with Gasteiger partial charge in [-0.1, -0.05) is 54.6 Å². The summed E-state index contributed by atoms with van der Waals surface area (Å²) in [5.74, 6) is 1.15. The molecule has 192 valence electrons. The third kappa shape index (κ3) is 5.18. The highest BCUT2D eigenvalue weighted by Crippen LogP contribution is 2.41. The lowest BCUT2D eigenvalue weighted by Gasteiger charge is -2.26. The Kier molecular flexibility index (Phi) is 7.00. The summed E-state index contributed by atoms with van der Waals surface area (Å²) < 4.78 is 16.7. The van der Waals surface area contributed by atoms with Crippen LogP contribution in [0.4, 0.5) is 0 Å². The molecule has 0 saturated heterocycles. The molecule has 2 aliphatic heterocycles. The van der Waals surface area contributed by atoms with Crippen LogP contribution in [0.25, 0.3) is 0 Å². The molecule has 2 aliphatic rings. The van der Waals surface area contributed by atoms with E-state index in [4.69, 9.17) is 14.2 Å². The summed E-state index contributed by atoms with van der Waals surface area (Å²) in [6.45, 7) is 0. The summed E-state index contributed by atoms with van der Waals surface area (Å²) >= 11 is 0. The zero-order chi connectivity index (χ0) is 26.6. The predicted octanol–water partition coefficient (Wildman–Crippen LogP) is 6.21. The second-order valence-corrected chi connectivity index (χ2v) is 8.99. The summed E-state index contributed by atoms with van der Waals surface area (Å²) in [6.07, 6.45) is -0.0469. The zero-order valence-corrected chi connectivity index (χ0v) is 20.7. The van der Waals surface area contributed by atoms with E-state index in [0.29, 0.717) is 17.7 Å². The normalized spacial score (nSPS) is 17.6. The first kappa shape index (κ1) is 24.9. The molecule has 0 saturated carbocycles. The largest absolute Gasteiger partial charge is 0.508 e. The van der Waals surface area contributed by atoms with Crippen LogP contribution in [0.15, 0.2) is 91.0 Å². The van der Waals surface area contributed by atoms with Crippen molar-refractivity contribution in [2.75, 3.05) is 7.11 Å². The maximum Gasteiger partial charge on any atom is 0.174 e. The van der Waals surface area contributed by atoms with Gasteiger partial charge in [0.1, 0.15) is 46.5 Å². The third-order valence-electron chi connectivity index (χ3n) is 6.47. The van der Waals surface area contributed by atoms with Crippen molar-refractivity contribution in [1.82, 2.24) is 0 Å². The minimum atomic E-state index is -0.447. The van der Waals surface area contributed by atoms with E-state index in [-0.39, 0.29) is 46.9 Å². The van der Waals surface area contributed by atoms with Crippen LogP contribution >= 0.6 is 0 Å². The molecule has 4 aromatic carbocycles. The monoisotopic (exact) mass is 510 g/mol. The highest BCUT2D eigenvalue weighted by Gasteiger charge is 2.31. The second-order valence-electron chi connectivity index (χ2n) is 8.99. The first-order valence-electron chi connectivity index (χ1n) is 12.2. The van der Waals surface area contributed by atoms with Gasteiger partial charge in [0.15, 0.2) is 11.6 Å². The number of benzene rings is 4. The first-order valence-corrected chi connectivity index (χ1v) is 12.2. The number of aromatic hydroxyl groups is 2. The smallest absolute Gasteiger partial charge is 0.174 e. The lowest BCUT2D eigenvalue weighted by Crippen LogP contribution is -2.20. The van der Waals surface area contributed by atoms with Crippen LogP contribution in [0.3, 0.4) is 0 Å². The summed E-state index contributed by atoms with van der Waals surface area (Å²) in [5.41, 5.74) is 2.70. The van der Waals surface area contributed by atoms with Gasteiger partial charge in [-0.3, -0.25) is 9.59 Å². The number of hydrogen-bond donors (Lipinski definition) is 2. The molecule has 0 aromatic heterocycles. The number of rotatable bonds is 3.